The molecule has 1 fully saturated rings. The molecule has 2 aromatic rings. The van der Waals surface area contributed by atoms with E-state index in [1.807, 2.05) is 32.0 Å². The molecule has 0 unspecified atom stereocenters. The Kier molecular flexibility index (Phi) is 7.05. The van der Waals surface area contributed by atoms with Crippen LogP contribution >= 0.6 is 0 Å². The fourth-order valence-electron chi connectivity index (χ4n) is 3.80. The second-order valence-electron chi connectivity index (χ2n) is 7.77. The molecule has 2 amide bonds. The highest BCUT2D eigenvalue weighted by Crippen LogP contribution is 2.38. The third-order valence-corrected chi connectivity index (χ3v) is 5.84. The monoisotopic (exact) mass is 426 g/mol. The van der Waals surface area contributed by atoms with Crippen LogP contribution in [-0.2, 0) is 4.79 Å². The summed E-state index contributed by atoms with van der Waals surface area (Å²) in [6, 6.07) is 9.22. The number of hydrogen-bond donors (Lipinski definition) is 1. The van der Waals surface area contributed by atoms with Gasteiger partial charge in [0.05, 0.1) is 21.3 Å². The quantitative estimate of drug-likeness (QED) is 0.760. The molecule has 7 heteroatoms. The van der Waals surface area contributed by atoms with E-state index in [2.05, 4.69) is 5.32 Å². The van der Waals surface area contributed by atoms with Gasteiger partial charge in [-0.25, -0.2) is 0 Å². The second-order valence-corrected chi connectivity index (χ2v) is 7.77. The maximum atomic E-state index is 13.0. The number of nitrogens with one attached hydrogen (secondary N) is 1. The molecule has 1 heterocycles. The van der Waals surface area contributed by atoms with E-state index in [0.29, 0.717) is 48.7 Å². The Hall–Kier alpha value is -3.22. The van der Waals surface area contributed by atoms with E-state index < -0.39 is 0 Å². The molecule has 0 spiro atoms. The Morgan fingerprint density at radius 2 is 1.52 bits per heavy atom. The predicted octanol–water partition coefficient (Wildman–Crippen LogP) is 3.82. The summed E-state index contributed by atoms with van der Waals surface area (Å²) in [5.74, 6) is 1.09. The van der Waals surface area contributed by atoms with Crippen molar-refractivity contribution < 1.29 is 23.8 Å². The first-order valence-corrected chi connectivity index (χ1v) is 10.3. The molecule has 31 heavy (non-hydrogen) atoms. The Balaban J connectivity index is 1.64. The summed E-state index contributed by atoms with van der Waals surface area (Å²) < 4.78 is 16.0. The van der Waals surface area contributed by atoms with Gasteiger partial charge < -0.3 is 24.4 Å². The standard InChI is InChI=1S/C24H30N2O5/c1-15-6-7-19(12-16(15)2)25-23(27)17-8-10-26(11-9-17)24(28)18-13-20(29-3)22(31-5)21(14-18)30-4/h6-7,12-14,17H,8-11H2,1-5H3,(H,25,27). The number of methoxy groups -OCH3 is 3. The van der Waals surface area contributed by atoms with Gasteiger partial charge in [0.1, 0.15) is 0 Å². The van der Waals surface area contributed by atoms with E-state index in [0.717, 1.165) is 11.3 Å². The lowest BCUT2D eigenvalue weighted by molar-refractivity contribution is -0.121. The number of carbonyl (C=O) groups excluding carboxylic acids is 2. The van der Waals surface area contributed by atoms with Gasteiger partial charge in [-0.3, -0.25) is 9.59 Å². The third-order valence-electron chi connectivity index (χ3n) is 5.84. The van der Waals surface area contributed by atoms with Crippen molar-refractivity contribution in [3.05, 3.63) is 47.0 Å². The SMILES string of the molecule is COc1cc(C(=O)N2CCC(C(=O)Nc3ccc(C)c(C)c3)CC2)cc(OC)c1OC. The molecule has 0 aliphatic carbocycles. The van der Waals surface area contributed by atoms with Crippen molar-refractivity contribution in [2.45, 2.75) is 26.7 Å². The summed E-state index contributed by atoms with van der Waals surface area (Å²) in [5, 5.41) is 3.01. The summed E-state index contributed by atoms with van der Waals surface area (Å²) in [5.41, 5.74) is 3.61. The lowest BCUT2D eigenvalue weighted by Gasteiger charge is -2.31. The zero-order valence-electron chi connectivity index (χ0n) is 18.8. The minimum absolute atomic E-state index is 0.00291. The van der Waals surface area contributed by atoms with E-state index in [1.165, 1.54) is 26.9 Å². The number of carbonyl (C=O) groups is 2. The van der Waals surface area contributed by atoms with Crippen molar-refractivity contribution in [2.75, 3.05) is 39.7 Å². The Bertz CT molecular complexity index is 939. The van der Waals surface area contributed by atoms with Crippen molar-refractivity contribution >= 4 is 17.5 Å². The molecule has 3 rings (SSSR count). The molecule has 0 saturated carbocycles. The Morgan fingerprint density at radius 3 is 2.03 bits per heavy atom. The van der Waals surface area contributed by atoms with Gasteiger partial charge in [-0.05, 0) is 62.1 Å². The number of likely N-dealkylation sites (tertiary alicyclic amines) is 1. The number of anilines is 1. The third kappa shape index (κ3) is 4.93. The van der Waals surface area contributed by atoms with Crippen molar-refractivity contribution in [3.63, 3.8) is 0 Å². The van der Waals surface area contributed by atoms with E-state index in [9.17, 15) is 9.59 Å². The highest BCUT2D eigenvalue weighted by atomic mass is 16.5. The Morgan fingerprint density at radius 1 is 0.903 bits per heavy atom. The first-order valence-electron chi connectivity index (χ1n) is 10.3. The molecular formula is C24H30N2O5. The van der Waals surface area contributed by atoms with Crippen LogP contribution in [0, 0.1) is 19.8 Å². The minimum atomic E-state index is -0.120. The largest absolute Gasteiger partial charge is 0.493 e. The molecule has 166 valence electrons. The fourth-order valence-corrected chi connectivity index (χ4v) is 3.80. The van der Waals surface area contributed by atoms with Crippen LogP contribution in [0.5, 0.6) is 17.2 Å². The zero-order valence-corrected chi connectivity index (χ0v) is 18.8. The van der Waals surface area contributed by atoms with Gasteiger partial charge in [0.15, 0.2) is 11.5 Å². The van der Waals surface area contributed by atoms with Crippen LogP contribution in [0.1, 0.15) is 34.3 Å². The molecule has 1 aliphatic heterocycles. The zero-order chi connectivity index (χ0) is 22.5. The van der Waals surface area contributed by atoms with Crippen LogP contribution in [-0.4, -0.2) is 51.1 Å². The number of amides is 2. The van der Waals surface area contributed by atoms with E-state index in [-0.39, 0.29) is 17.7 Å². The van der Waals surface area contributed by atoms with Gasteiger partial charge in [-0.2, -0.15) is 0 Å². The summed E-state index contributed by atoms with van der Waals surface area (Å²) >= 11 is 0. The average Bonchev–Trinajstić information content (AvgIpc) is 2.79. The van der Waals surface area contributed by atoms with Gasteiger partial charge in [-0.15, -0.1) is 0 Å². The lowest BCUT2D eigenvalue weighted by atomic mass is 9.95. The number of nitrogens with zero attached hydrogens (tertiary/aromatic N) is 1. The van der Waals surface area contributed by atoms with E-state index in [4.69, 9.17) is 14.2 Å². The van der Waals surface area contributed by atoms with Crippen molar-refractivity contribution in [1.82, 2.24) is 4.90 Å². The van der Waals surface area contributed by atoms with Crippen molar-refractivity contribution in [2.24, 2.45) is 5.92 Å². The van der Waals surface area contributed by atoms with Crippen LogP contribution in [0.2, 0.25) is 0 Å². The predicted molar refractivity (Wildman–Crippen MR) is 119 cm³/mol. The second kappa shape index (κ2) is 9.73. The highest BCUT2D eigenvalue weighted by molar-refractivity contribution is 5.96. The summed E-state index contributed by atoms with van der Waals surface area (Å²) in [4.78, 5) is 27.5. The number of benzene rings is 2. The minimum Gasteiger partial charge on any atom is -0.493 e. The maximum Gasteiger partial charge on any atom is 0.254 e. The molecular weight excluding hydrogens is 396 g/mol. The smallest absolute Gasteiger partial charge is 0.254 e. The number of piperidine rings is 1. The lowest BCUT2D eigenvalue weighted by Crippen LogP contribution is -2.41. The summed E-state index contributed by atoms with van der Waals surface area (Å²) in [6.07, 6.45) is 1.24. The van der Waals surface area contributed by atoms with Crippen molar-refractivity contribution in [3.8, 4) is 17.2 Å². The van der Waals surface area contributed by atoms with Gasteiger partial charge in [-0.1, -0.05) is 6.07 Å². The molecule has 0 bridgehead atoms. The van der Waals surface area contributed by atoms with Crippen LogP contribution in [0.25, 0.3) is 0 Å². The fraction of sp³-hybridized carbons (Fsp3) is 0.417. The molecule has 0 aromatic heterocycles. The molecule has 0 atom stereocenters. The highest BCUT2D eigenvalue weighted by Gasteiger charge is 2.29. The van der Waals surface area contributed by atoms with Crippen LogP contribution in [0.15, 0.2) is 30.3 Å². The molecule has 1 aliphatic rings. The van der Waals surface area contributed by atoms with Gasteiger partial charge in [0.2, 0.25) is 11.7 Å². The molecule has 0 radical (unpaired) electrons. The molecule has 7 nitrogen and oxygen atoms in total. The summed E-state index contributed by atoms with van der Waals surface area (Å²) in [7, 11) is 4.56. The summed E-state index contributed by atoms with van der Waals surface area (Å²) in [6.45, 7) is 5.10. The first kappa shape index (κ1) is 22.5. The van der Waals surface area contributed by atoms with Gasteiger partial charge >= 0.3 is 0 Å². The maximum absolute atomic E-state index is 13.0. The first-order chi connectivity index (χ1) is 14.9. The van der Waals surface area contributed by atoms with Crippen LogP contribution < -0.4 is 19.5 Å². The van der Waals surface area contributed by atoms with Crippen LogP contribution in [0.4, 0.5) is 5.69 Å². The van der Waals surface area contributed by atoms with Crippen molar-refractivity contribution in [1.29, 1.82) is 0 Å². The topological polar surface area (TPSA) is 77.1 Å². The van der Waals surface area contributed by atoms with Crippen LogP contribution in [0.3, 0.4) is 0 Å². The van der Waals surface area contributed by atoms with E-state index in [1.54, 1.807) is 17.0 Å². The number of hydrogen-bond acceptors (Lipinski definition) is 5. The normalized spacial score (nSPS) is 14.2. The Labute approximate surface area is 183 Å². The van der Waals surface area contributed by atoms with E-state index >= 15 is 0 Å². The van der Waals surface area contributed by atoms with Gasteiger partial charge in [0, 0.05) is 30.3 Å². The molecule has 2 aromatic carbocycles. The number of ether oxygens (including phenoxy) is 3. The average molecular weight is 427 g/mol. The molecule has 1 N–H and O–H groups in total. The number of rotatable bonds is 6. The number of aryl methyl sites for hydroxylation is 2. The molecule has 1 saturated heterocycles. The van der Waals surface area contributed by atoms with Gasteiger partial charge in [0.25, 0.3) is 5.91 Å².